The molecule has 0 spiro atoms. The molecule has 1 aromatic carbocycles. The number of pyridine rings is 1. The summed E-state index contributed by atoms with van der Waals surface area (Å²) in [6.07, 6.45) is 1.35. The third-order valence-corrected chi connectivity index (χ3v) is 4.95. The van der Waals surface area contributed by atoms with Gasteiger partial charge in [-0.3, -0.25) is 4.72 Å². The zero-order valence-electron chi connectivity index (χ0n) is 10.3. The minimum Gasteiger partial charge on any atom is -0.397 e. The molecule has 21 heavy (non-hydrogen) atoms. The first-order chi connectivity index (χ1) is 9.85. The van der Waals surface area contributed by atoms with Crippen LogP contribution < -0.4 is 10.5 Å². The fourth-order valence-electron chi connectivity index (χ4n) is 1.58. The molecule has 0 aliphatic rings. The maximum atomic E-state index is 12.4. The van der Waals surface area contributed by atoms with Crippen LogP contribution in [0.25, 0.3) is 0 Å². The third-order valence-electron chi connectivity index (χ3n) is 2.49. The van der Waals surface area contributed by atoms with Gasteiger partial charge >= 0.3 is 0 Å². The van der Waals surface area contributed by atoms with E-state index >= 15 is 0 Å². The molecule has 0 amide bonds. The highest BCUT2D eigenvalue weighted by molar-refractivity contribution is 9.11. The maximum absolute atomic E-state index is 12.4. The summed E-state index contributed by atoms with van der Waals surface area (Å²) >= 11 is 6.50. The van der Waals surface area contributed by atoms with Crippen LogP contribution in [0.2, 0.25) is 0 Å². The fraction of sp³-hybridized carbons (Fsp3) is 0. The molecule has 0 aliphatic carbocycles. The van der Waals surface area contributed by atoms with Crippen molar-refractivity contribution in [1.82, 2.24) is 4.98 Å². The molecule has 108 valence electrons. The smallest absolute Gasteiger partial charge is 0.264 e. The Morgan fingerprint density at radius 3 is 2.67 bits per heavy atom. The third kappa shape index (κ3) is 3.34. The minimum absolute atomic E-state index is 0.184. The number of sulfonamides is 1. The summed E-state index contributed by atoms with van der Waals surface area (Å²) in [7, 11) is -3.97. The average Bonchev–Trinajstić information content (AvgIpc) is 2.43. The van der Waals surface area contributed by atoms with Crippen molar-refractivity contribution in [2.45, 2.75) is 4.90 Å². The number of rotatable bonds is 3. The van der Waals surface area contributed by atoms with Gasteiger partial charge in [0.15, 0.2) is 5.69 Å². The first-order valence-corrected chi connectivity index (χ1v) is 8.54. The van der Waals surface area contributed by atoms with Gasteiger partial charge in [0.05, 0.1) is 11.4 Å². The second-order valence-electron chi connectivity index (χ2n) is 3.92. The standard InChI is InChI=1S/C12H8Br2N4O2S/c13-7-4-8(14)12(9(16)5-7)18-21(19,20)11-2-1-3-17-10(11)6-15/h1-5,18H,16H2. The Bertz CT molecular complexity index is 824. The summed E-state index contributed by atoms with van der Waals surface area (Å²) in [5.41, 5.74) is 6.07. The van der Waals surface area contributed by atoms with Crippen molar-refractivity contribution in [3.63, 3.8) is 0 Å². The Morgan fingerprint density at radius 1 is 1.33 bits per heavy atom. The van der Waals surface area contributed by atoms with E-state index in [0.29, 0.717) is 8.95 Å². The number of nitrogen functional groups attached to an aromatic ring is 1. The van der Waals surface area contributed by atoms with Crippen molar-refractivity contribution in [1.29, 1.82) is 5.26 Å². The molecule has 9 heteroatoms. The predicted octanol–water partition coefficient (Wildman–Crippen LogP) is 2.86. The molecule has 1 heterocycles. The van der Waals surface area contributed by atoms with Gasteiger partial charge in [0.2, 0.25) is 0 Å². The molecule has 0 saturated carbocycles. The highest BCUT2D eigenvalue weighted by Gasteiger charge is 2.21. The number of hydrogen-bond donors (Lipinski definition) is 2. The van der Waals surface area contributed by atoms with Crippen LogP contribution in [0, 0.1) is 11.3 Å². The Kier molecular flexibility index (Phi) is 4.51. The summed E-state index contributed by atoms with van der Waals surface area (Å²) in [5.74, 6) is 0. The van der Waals surface area contributed by atoms with Gasteiger partial charge in [-0.1, -0.05) is 15.9 Å². The Morgan fingerprint density at radius 2 is 2.05 bits per heavy atom. The van der Waals surface area contributed by atoms with E-state index < -0.39 is 10.0 Å². The molecule has 6 nitrogen and oxygen atoms in total. The fourth-order valence-corrected chi connectivity index (χ4v) is 4.29. The first kappa shape index (κ1) is 15.8. The Labute approximate surface area is 138 Å². The number of halogens is 2. The quantitative estimate of drug-likeness (QED) is 0.726. The van der Waals surface area contributed by atoms with E-state index in [1.165, 1.54) is 18.3 Å². The van der Waals surface area contributed by atoms with Gasteiger partial charge in [0.1, 0.15) is 11.0 Å². The van der Waals surface area contributed by atoms with Crippen molar-refractivity contribution >= 4 is 53.3 Å². The molecule has 0 radical (unpaired) electrons. The lowest BCUT2D eigenvalue weighted by atomic mass is 10.3. The number of hydrogen-bond acceptors (Lipinski definition) is 5. The summed E-state index contributed by atoms with van der Waals surface area (Å²) in [5, 5.41) is 8.95. The number of anilines is 2. The predicted molar refractivity (Wildman–Crippen MR) is 86.0 cm³/mol. The lowest BCUT2D eigenvalue weighted by Crippen LogP contribution is -2.16. The SMILES string of the molecule is N#Cc1ncccc1S(=O)(=O)Nc1c(N)cc(Br)cc1Br. The molecule has 0 bridgehead atoms. The zero-order valence-corrected chi connectivity index (χ0v) is 14.3. The van der Waals surface area contributed by atoms with Gasteiger partial charge in [0.25, 0.3) is 10.0 Å². The lowest BCUT2D eigenvalue weighted by Gasteiger charge is -2.13. The average molecular weight is 432 g/mol. The second kappa shape index (κ2) is 6.01. The molecule has 0 aliphatic heterocycles. The molecule has 0 fully saturated rings. The molecule has 2 rings (SSSR count). The van der Waals surface area contributed by atoms with Crippen molar-refractivity contribution in [3.05, 3.63) is 45.1 Å². The summed E-state index contributed by atoms with van der Waals surface area (Å²) in [4.78, 5) is 3.53. The van der Waals surface area contributed by atoms with Crippen molar-refractivity contribution in [2.24, 2.45) is 0 Å². The minimum atomic E-state index is -3.97. The monoisotopic (exact) mass is 430 g/mol. The van der Waals surface area contributed by atoms with Crippen LogP contribution in [-0.4, -0.2) is 13.4 Å². The first-order valence-electron chi connectivity index (χ1n) is 5.47. The molecule has 3 N–H and O–H groups in total. The number of nitrogens with zero attached hydrogens (tertiary/aromatic N) is 2. The van der Waals surface area contributed by atoms with Gasteiger partial charge < -0.3 is 5.73 Å². The van der Waals surface area contributed by atoms with E-state index in [0.717, 1.165) is 0 Å². The van der Waals surface area contributed by atoms with Crippen LogP contribution in [0.3, 0.4) is 0 Å². The number of aromatic nitrogens is 1. The van der Waals surface area contributed by atoms with E-state index in [1.807, 2.05) is 0 Å². The topological polar surface area (TPSA) is 109 Å². The molecule has 0 unspecified atom stereocenters. The molecular formula is C12H8Br2N4O2S. The van der Waals surface area contributed by atoms with Crippen LogP contribution in [0.1, 0.15) is 5.69 Å². The second-order valence-corrected chi connectivity index (χ2v) is 7.34. The number of nitrogens with one attached hydrogen (secondary N) is 1. The molecule has 0 atom stereocenters. The van der Waals surface area contributed by atoms with Crippen molar-refractivity contribution < 1.29 is 8.42 Å². The largest absolute Gasteiger partial charge is 0.397 e. The Balaban J connectivity index is 2.51. The Hall–Kier alpha value is -1.63. The highest BCUT2D eigenvalue weighted by Crippen LogP contribution is 2.34. The summed E-state index contributed by atoms with van der Waals surface area (Å²) < 4.78 is 28.3. The van der Waals surface area contributed by atoms with E-state index in [-0.39, 0.29) is 22.0 Å². The summed E-state index contributed by atoms with van der Waals surface area (Å²) in [6, 6.07) is 7.71. The van der Waals surface area contributed by atoms with E-state index in [1.54, 1.807) is 18.2 Å². The van der Waals surface area contributed by atoms with Crippen LogP contribution in [0.5, 0.6) is 0 Å². The van der Waals surface area contributed by atoms with Gasteiger partial charge in [-0.15, -0.1) is 0 Å². The molecule has 0 saturated heterocycles. The van der Waals surface area contributed by atoms with E-state index in [2.05, 4.69) is 41.6 Å². The normalized spacial score (nSPS) is 10.9. The molecule has 1 aromatic heterocycles. The van der Waals surface area contributed by atoms with Gasteiger partial charge in [-0.25, -0.2) is 13.4 Å². The van der Waals surface area contributed by atoms with Gasteiger partial charge in [-0.05, 0) is 40.2 Å². The van der Waals surface area contributed by atoms with Gasteiger partial charge in [-0.2, -0.15) is 5.26 Å². The molecular weight excluding hydrogens is 424 g/mol. The van der Waals surface area contributed by atoms with Crippen LogP contribution >= 0.6 is 31.9 Å². The van der Waals surface area contributed by atoms with Gasteiger partial charge in [0, 0.05) is 15.1 Å². The number of nitriles is 1. The number of nitrogens with two attached hydrogens (primary N) is 1. The van der Waals surface area contributed by atoms with Crippen molar-refractivity contribution in [3.8, 4) is 6.07 Å². The van der Waals surface area contributed by atoms with Crippen LogP contribution in [-0.2, 0) is 10.0 Å². The van der Waals surface area contributed by atoms with E-state index in [9.17, 15) is 8.42 Å². The summed E-state index contributed by atoms with van der Waals surface area (Å²) in [6.45, 7) is 0. The highest BCUT2D eigenvalue weighted by atomic mass is 79.9. The van der Waals surface area contributed by atoms with Crippen molar-refractivity contribution in [2.75, 3.05) is 10.5 Å². The zero-order chi connectivity index (χ0) is 15.6. The lowest BCUT2D eigenvalue weighted by molar-refractivity contribution is 0.600. The van der Waals surface area contributed by atoms with Crippen LogP contribution in [0.4, 0.5) is 11.4 Å². The molecule has 2 aromatic rings. The van der Waals surface area contributed by atoms with Crippen LogP contribution in [0.15, 0.2) is 44.3 Å². The van der Waals surface area contributed by atoms with E-state index in [4.69, 9.17) is 11.0 Å². The number of benzene rings is 1. The maximum Gasteiger partial charge on any atom is 0.264 e.